The number of amides is 2. The van der Waals surface area contributed by atoms with Crippen LogP contribution in [-0.4, -0.2) is 50.0 Å². The number of rotatable bonds is 10. The van der Waals surface area contributed by atoms with E-state index in [4.69, 9.17) is 11.6 Å². The molecule has 0 aliphatic heterocycles. The Morgan fingerprint density at radius 3 is 2.41 bits per heavy atom. The van der Waals surface area contributed by atoms with E-state index in [-0.39, 0.29) is 29.2 Å². The fourth-order valence-corrected chi connectivity index (χ4v) is 4.60. The Bertz CT molecular complexity index is 1150. The lowest BCUT2D eigenvalue weighted by Gasteiger charge is -2.32. The molecule has 0 saturated heterocycles. The number of sulfonamides is 1. The molecule has 0 unspecified atom stereocenters. The molecule has 1 N–H and O–H groups in total. The average Bonchev–Trinajstić information content (AvgIpc) is 2.76. The quantitative estimate of drug-likeness (QED) is 0.456. The second-order valence-electron chi connectivity index (χ2n) is 8.01. The first-order chi connectivity index (χ1) is 15.8. The van der Waals surface area contributed by atoms with Crippen molar-refractivity contribution < 1.29 is 22.4 Å². The van der Waals surface area contributed by atoms with Crippen LogP contribution < -0.4 is 9.62 Å². The van der Waals surface area contributed by atoms with Gasteiger partial charge in [0.15, 0.2) is 0 Å². The van der Waals surface area contributed by atoms with Crippen LogP contribution in [0.2, 0.25) is 5.02 Å². The molecule has 11 heteroatoms. The maximum atomic E-state index is 13.6. The largest absolute Gasteiger partial charge is 0.352 e. The third kappa shape index (κ3) is 7.68. The molecule has 0 fully saturated rings. The fourth-order valence-electron chi connectivity index (χ4n) is 3.13. The summed E-state index contributed by atoms with van der Waals surface area (Å²) in [6, 6.07) is 9.68. The summed E-state index contributed by atoms with van der Waals surface area (Å²) in [5.41, 5.74) is 0.794. The Hall–Kier alpha value is -2.17. The molecular weight excluding hydrogens is 549 g/mol. The highest BCUT2D eigenvalue weighted by Crippen LogP contribution is 2.25. The summed E-state index contributed by atoms with van der Waals surface area (Å²) >= 11 is 9.23. The van der Waals surface area contributed by atoms with E-state index in [0.717, 1.165) is 32.7 Å². The van der Waals surface area contributed by atoms with Crippen molar-refractivity contribution in [3.8, 4) is 0 Å². The summed E-state index contributed by atoms with van der Waals surface area (Å²) in [5.74, 6) is -1.66. The van der Waals surface area contributed by atoms with Crippen molar-refractivity contribution in [2.45, 2.75) is 45.8 Å². The predicted octanol–water partition coefficient (Wildman–Crippen LogP) is 4.34. The van der Waals surface area contributed by atoms with Gasteiger partial charge in [0.25, 0.3) is 0 Å². The van der Waals surface area contributed by atoms with Gasteiger partial charge in [-0.2, -0.15) is 0 Å². The van der Waals surface area contributed by atoms with Crippen LogP contribution in [-0.2, 0) is 26.2 Å². The number of anilines is 1. The van der Waals surface area contributed by atoms with Crippen LogP contribution in [0.25, 0.3) is 0 Å². The minimum Gasteiger partial charge on any atom is -0.352 e. The molecule has 2 aromatic rings. The monoisotopic (exact) mass is 575 g/mol. The summed E-state index contributed by atoms with van der Waals surface area (Å²) < 4.78 is 40.3. The number of hydrogen-bond donors (Lipinski definition) is 1. The molecule has 0 saturated carbocycles. The molecule has 34 heavy (non-hydrogen) atoms. The van der Waals surface area contributed by atoms with Gasteiger partial charge in [0, 0.05) is 17.1 Å². The Balaban J connectivity index is 2.41. The number of nitrogens with one attached hydrogen (secondary N) is 1. The van der Waals surface area contributed by atoms with E-state index < -0.39 is 34.3 Å². The zero-order valence-electron chi connectivity index (χ0n) is 19.4. The maximum absolute atomic E-state index is 13.6. The topological polar surface area (TPSA) is 86.8 Å². The van der Waals surface area contributed by atoms with Crippen LogP contribution in [0.4, 0.5) is 10.1 Å². The number of carbonyl (C=O) groups is 2. The molecule has 2 aromatic carbocycles. The first-order valence-corrected chi connectivity index (χ1v) is 13.6. The first-order valence-electron chi connectivity index (χ1n) is 10.6. The Morgan fingerprint density at radius 2 is 1.85 bits per heavy atom. The Morgan fingerprint density at radius 1 is 1.18 bits per heavy atom. The average molecular weight is 577 g/mol. The van der Waals surface area contributed by atoms with Crippen molar-refractivity contribution >= 4 is 55.1 Å². The van der Waals surface area contributed by atoms with E-state index in [2.05, 4.69) is 21.2 Å². The van der Waals surface area contributed by atoms with Gasteiger partial charge in [-0.1, -0.05) is 46.6 Å². The van der Waals surface area contributed by atoms with Crippen molar-refractivity contribution in [3.05, 3.63) is 63.3 Å². The molecule has 0 aliphatic rings. The summed E-state index contributed by atoms with van der Waals surface area (Å²) in [7, 11) is -3.93. The maximum Gasteiger partial charge on any atom is 0.244 e. The van der Waals surface area contributed by atoms with E-state index in [0.29, 0.717) is 6.42 Å². The van der Waals surface area contributed by atoms with Crippen LogP contribution in [0, 0.1) is 5.82 Å². The highest BCUT2D eigenvalue weighted by atomic mass is 79.9. The summed E-state index contributed by atoms with van der Waals surface area (Å²) in [5, 5.41) is 2.59. The molecule has 0 spiro atoms. The normalized spacial score (nSPS) is 13.1. The second-order valence-corrected chi connectivity index (χ2v) is 11.2. The van der Waals surface area contributed by atoms with E-state index in [1.807, 2.05) is 26.0 Å². The van der Waals surface area contributed by atoms with Gasteiger partial charge in [0.1, 0.15) is 18.4 Å². The number of carbonyl (C=O) groups excluding carboxylic acids is 2. The summed E-state index contributed by atoms with van der Waals surface area (Å²) in [6.45, 7) is 4.87. The smallest absolute Gasteiger partial charge is 0.244 e. The van der Waals surface area contributed by atoms with Crippen molar-refractivity contribution in [2.75, 3.05) is 17.1 Å². The lowest BCUT2D eigenvalue weighted by Crippen LogP contribution is -2.52. The zero-order chi connectivity index (χ0) is 25.6. The molecule has 0 aromatic heterocycles. The van der Waals surface area contributed by atoms with E-state index in [9.17, 15) is 22.4 Å². The predicted molar refractivity (Wildman–Crippen MR) is 136 cm³/mol. The van der Waals surface area contributed by atoms with Gasteiger partial charge in [-0.15, -0.1) is 0 Å². The van der Waals surface area contributed by atoms with E-state index in [1.165, 1.54) is 11.0 Å². The first kappa shape index (κ1) is 28.1. The third-order valence-corrected chi connectivity index (χ3v) is 7.20. The summed E-state index contributed by atoms with van der Waals surface area (Å²) in [4.78, 5) is 27.6. The summed E-state index contributed by atoms with van der Waals surface area (Å²) in [6.07, 6.45) is 1.65. The highest BCUT2D eigenvalue weighted by molar-refractivity contribution is 9.10. The van der Waals surface area contributed by atoms with Crippen molar-refractivity contribution in [3.63, 3.8) is 0 Å². The van der Waals surface area contributed by atoms with E-state index >= 15 is 0 Å². The second kappa shape index (κ2) is 12.0. The van der Waals surface area contributed by atoms with Crippen LogP contribution in [0.15, 0.2) is 46.9 Å². The molecular formula is C23H28BrClFN3O4S. The molecule has 2 amide bonds. The van der Waals surface area contributed by atoms with Crippen molar-refractivity contribution in [1.82, 2.24) is 10.2 Å². The Labute approximate surface area is 213 Å². The lowest BCUT2D eigenvalue weighted by molar-refractivity contribution is -0.139. The van der Waals surface area contributed by atoms with Crippen LogP contribution in [0.5, 0.6) is 0 Å². The molecule has 2 rings (SSSR count). The van der Waals surface area contributed by atoms with Gasteiger partial charge in [-0.05, 0) is 56.2 Å². The molecule has 0 heterocycles. The van der Waals surface area contributed by atoms with Crippen LogP contribution in [0.1, 0.15) is 32.8 Å². The van der Waals surface area contributed by atoms with Gasteiger partial charge < -0.3 is 10.2 Å². The fraction of sp³-hybridized carbons (Fsp3) is 0.391. The lowest BCUT2D eigenvalue weighted by atomic mass is 10.1. The minimum absolute atomic E-state index is 0.0429. The molecule has 186 valence electrons. The van der Waals surface area contributed by atoms with Gasteiger partial charge in [-0.25, -0.2) is 12.8 Å². The van der Waals surface area contributed by atoms with Gasteiger partial charge in [0.2, 0.25) is 21.8 Å². The molecule has 0 bridgehead atoms. The third-order valence-electron chi connectivity index (χ3n) is 5.28. The van der Waals surface area contributed by atoms with Crippen LogP contribution in [0.3, 0.4) is 0 Å². The SMILES string of the molecule is CC[C@H](C)NC(=O)[C@H](C)N(Cc1cccc(Br)c1)C(=O)CN(c1ccc(F)c(Cl)c1)S(C)(=O)=O. The van der Waals surface area contributed by atoms with Crippen LogP contribution >= 0.6 is 27.5 Å². The van der Waals surface area contributed by atoms with Crippen molar-refractivity contribution in [2.24, 2.45) is 0 Å². The van der Waals surface area contributed by atoms with E-state index in [1.54, 1.807) is 19.1 Å². The zero-order valence-corrected chi connectivity index (χ0v) is 22.5. The molecule has 7 nitrogen and oxygen atoms in total. The van der Waals surface area contributed by atoms with Gasteiger partial charge in [0.05, 0.1) is 17.0 Å². The van der Waals surface area contributed by atoms with Gasteiger partial charge in [-0.3, -0.25) is 13.9 Å². The minimum atomic E-state index is -3.93. The molecule has 0 aliphatic carbocycles. The number of nitrogens with zero attached hydrogens (tertiary/aromatic N) is 2. The Kier molecular flexibility index (Phi) is 9.90. The molecule has 0 radical (unpaired) electrons. The standard InChI is InChI=1S/C23H28BrClFN3O4S/c1-5-15(2)27-23(31)16(3)28(13-17-7-6-8-18(24)11-17)22(30)14-29(34(4,32)33)19-9-10-21(26)20(25)12-19/h6-12,15-16H,5,13-14H2,1-4H3,(H,27,31)/t15-,16-/m0/s1. The van der Waals surface area contributed by atoms with Gasteiger partial charge >= 0.3 is 0 Å². The number of benzene rings is 2. The highest BCUT2D eigenvalue weighted by Gasteiger charge is 2.30. The number of hydrogen-bond acceptors (Lipinski definition) is 4. The molecule has 2 atom stereocenters. The van der Waals surface area contributed by atoms with Crippen molar-refractivity contribution in [1.29, 1.82) is 0 Å². The number of halogens is 3.